The molecule has 0 saturated carbocycles. The standard InChI is InChI=1S/C10H19N3O2S/c1-3-13-9-12-8-10(13)7-11-5-4-6-16(2,14)15/h8-9,11H,3-7H2,1-2H3. The molecule has 16 heavy (non-hydrogen) atoms. The lowest BCUT2D eigenvalue weighted by Gasteiger charge is -2.06. The third-order valence-corrected chi connectivity index (χ3v) is 3.34. The zero-order chi connectivity index (χ0) is 12.0. The van der Waals surface area contributed by atoms with Gasteiger partial charge >= 0.3 is 0 Å². The van der Waals surface area contributed by atoms with Gasteiger partial charge in [-0.05, 0) is 19.9 Å². The third kappa shape index (κ3) is 4.76. The number of hydrogen-bond donors (Lipinski definition) is 1. The van der Waals surface area contributed by atoms with Crippen LogP contribution in [0, 0.1) is 0 Å². The largest absolute Gasteiger partial charge is 0.334 e. The Bertz CT molecular complexity index is 411. The van der Waals surface area contributed by atoms with E-state index in [1.807, 2.05) is 6.20 Å². The van der Waals surface area contributed by atoms with Crippen molar-refractivity contribution >= 4 is 9.84 Å². The Morgan fingerprint density at radius 3 is 2.88 bits per heavy atom. The molecule has 1 aromatic rings. The SMILES string of the molecule is CCn1cncc1CNCCCS(C)(=O)=O. The van der Waals surface area contributed by atoms with Crippen molar-refractivity contribution in [2.24, 2.45) is 0 Å². The van der Waals surface area contributed by atoms with Gasteiger partial charge in [-0.25, -0.2) is 13.4 Å². The zero-order valence-corrected chi connectivity index (χ0v) is 10.6. The maximum atomic E-state index is 10.9. The highest BCUT2D eigenvalue weighted by atomic mass is 32.2. The molecule has 1 rings (SSSR count). The monoisotopic (exact) mass is 245 g/mol. The average Bonchev–Trinajstić information content (AvgIpc) is 2.63. The Kier molecular flexibility index (Phi) is 4.95. The van der Waals surface area contributed by atoms with E-state index in [0.717, 1.165) is 18.8 Å². The lowest BCUT2D eigenvalue weighted by atomic mass is 10.4. The van der Waals surface area contributed by atoms with Gasteiger partial charge in [0.1, 0.15) is 9.84 Å². The van der Waals surface area contributed by atoms with E-state index in [4.69, 9.17) is 0 Å². The molecule has 5 nitrogen and oxygen atoms in total. The summed E-state index contributed by atoms with van der Waals surface area (Å²) in [5.74, 6) is 0.243. The van der Waals surface area contributed by atoms with Crippen LogP contribution in [0.1, 0.15) is 19.0 Å². The fourth-order valence-corrected chi connectivity index (χ4v) is 2.12. The van der Waals surface area contributed by atoms with Crippen LogP contribution in [0.2, 0.25) is 0 Å². The molecule has 0 aliphatic heterocycles. The number of hydrogen-bond acceptors (Lipinski definition) is 4. The number of nitrogens with zero attached hydrogens (tertiary/aromatic N) is 2. The summed E-state index contributed by atoms with van der Waals surface area (Å²) in [5.41, 5.74) is 1.13. The highest BCUT2D eigenvalue weighted by Crippen LogP contribution is 1.98. The van der Waals surface area contributed by atoms with Crippen LogP contribution in [0.5, 0.6) is 0 Å². The number of sulfone groups is 1. The van der Waals surface area contributed by atoms with E-state index >= 15 is 0 Å². The van der Waals surface area contributed by atoms with Gasteiger partial charge in [-0.2, -0.15) is 0 Å². The van der Waals surface area contributed by atoms with Crippen LogP contribution >= 0.6 is 0 Å². The van der Waals surface area contributed by atoms with Gasteiger partial charge in [0.15, 0.2) is 0 Å². The molecule has 1 N–H and O–H groups in total. The molecule has 6 heteroatoms. The zero-order valence-electron chi connectivity index (χ0n) is 9.81. The molecular formula is C10H19N3O2S. The van der Waals surface area contributed by atoms with Gasteiger partial charge in [-0.1, -0.05) is 0 Å². The summed E-state index contributed by atoms with van der Waals surface area (Å²) in [6.07, 6.45) is 5.54. The molecule has 0 radical (unpaired) electrons. The predicted molar refractivity (Wildman–Crippen MR) is 63.9 cm³/mol. The van der Waals surface area contributed by atoms with E-state index in [1.54, 1.807) is 6.33 Å². The molecule has 0 atom stereocenters. The number of aryl methyl sites for hydroxylation is 1. The summed E-state index contributed by atoms with van der Waals surface area (Å²) in [5, 5.41) is 3.21. The maximum absolute atomic E-state index is 10.9. The van der Waals surface area contributed by atoms with Crippen molar-refractivity contribution < 1.29 is 8.42 Å². The van der Waals surface area contributed by atoms with Crippen molar-refractivity contribution in [2.45, 2.75) is 26.4 Å². The van der Waals surface area contributed by atoms with Gasteiger partial charge in [0.25, 0.3) is 0 Å². The molecule has 0 unspecified atom stereocenters. The van der Waals surface area contributed by atoms with Crippen molar-refractivity contribution in [3.8, 4) is 0 Å². The summed E-state index contributed by atoms with van der Waals surface area (Å²) < 4.78 is 23.8. The fourth-order valence-electron chi connectivity index (χ4n) is 1.46. The summed E-state index contributed by atoms with van der Waals surface area (Å²) in [6, 6.07) is 0. The first-order valence-electron chi connectivity index (χ1n) is 5.40. The van der Waals surface area contributed by atoms with Crippen molar-refractivity contribution in [2.75, 3.05) is 18.6 Å². The summed E-state index contributed by atoms with van der Waals surface area (Å²) in [7, 11) is -2.83. The molecule has 92 valence electrons. The Balaban J connectivity index is 2.21. The van der Waals surface area contributed by atoms with Gasteiger partial charge in [-0.3, -0.25) is 0 Å². The first-order valence-corrected chi connectivity index (χ1v) is 7.46. The average molecular weight is 245 g/mol. The van der Waals surface area contributed by atoms with E-state index in [9.17, 15) is 8.42 Å². The van der Waals surface area contributed by atoms with E-state index in [0.29, 0.717) is 13.0 Å². The van der Waals surface area contributed by atoms with E-state index in [-0.39, 0.29) is 5.75 Å². The van der Waals surface area contributed by atoms with E-state index in [1.165, 1.54) is 6.26 Å². The molecule has 0 aromatic carbocycles. The van der Waals surface area contributed by atoms with Crippen molar-refractivity contribution in [3.63, 3.8) is 0 Å². The van der Waals surface area contributed by atoms with Crippen molar-refractivity contribution in [1.82, 2.24) is 14.9 Å². The third-order valence-electron chi connectivity index (χ3n) is 2.31. The van der Waals surface area contributed by atoms with Crippen LogP contribution in [0.4, 0.5) is 0 Å². The molecular weight excluding hydrogens is 226 g/mol. The minimum Gasteiger partial charge on any atom is -0.334 e. The molecule has 0 spiro atoms. The highest BCUT2D eigenvalue weighted by Gasteiger charge is 2.02. The van der Waals surface area contributed by atoms with Gasteiger partial charge in [0, 0.05) is 25.5 Å². The second kappa shape index (κ2) is 6.00. The number of nitrogens with one attached hydrogen (secondary N) is 1. The van der Waals surface area contributed by atoms with Gasteiger partial charge < -0.3 is 9.88 Å². The number of imidazole rings is 1. The minimum absolute atomic E-state index is 0.243. The maximum Gasteiger partial charge on any atom is 0.147 e. The van der Waals surface area contributed by atoms with Gasteiger partial charge in [0.05, 0.1) is 17.8 Å². The first kappa shape index (κ1) is 13.2. The summed E-state index contributed by atoms with van der Waals surface area (Å²) in [4.78, 5) is 4.06. The lowest BCUT2D eigenvalue weighted by Crippen LogP contribution is -2.19. The molecule has 0 aliphatic rings. The second-order valence-electron chi connectivity index (χ2n) is 3.83. The highest BCUT2D eigenvalue weighted by molar-refractivity contribution is 7.90. The minimum atomic E-state index is -2.83. The van der Waals surface area contributed by atoms with E-state index in [2.05, 4.69) is 21.8 Å². The Morgan fingerprint density at radius 2 is 2.25 bits per heavy atom. The predicted octanol–water partition coefficient (Wildman–Crippen LogP) is 0.427. The molecule has 0 saturated heterocycles. The van der Waals surface area contributed by atoms with Crippen LogP contribution < -0.4 is 5.32 Å². The molecule has 1 aromatic heterocycles. The van der Waals surface area contributed by atoms with Gasteiger partial charge in [0.2, 0.25) is 0 Å². The van der Waals surface area contributed by atoms with Crippen LogP contribution in [-0.2, 0) is 22.9 Å². The van der Waals surface area contributed by atoms with Crippen LogP contribution in [0.3, 0.4) is 0 Å². The number of rotatable bonds is 7. The fraction of sp³-hybridized carbons (Fsp3) is 0.700. The Morgan fingerprint density at radius 1 is 1.50 bits per heavy atom. The molecule has 0 bridgehead atoms. The van der Waals surface area contributed by atoms with Crippen LogP contribution in [0.15, 0.2) is 12.5 Å². The summed E-state index contributed by atoms with van der Waals surface area (Å²) in [6.45, 7) is 4.41. The summed E-state index contributed by atoms with van der Waals surface area (Å²) >= 11 is 0. The molecule has 0 aliphatic carbocycles. The smallest absolute Gasteiger partial charge is 0.147 e. The number of aromatic nitrogens is 2. The first-order chi connectivity index (χ1) is 7.53. The van der Waals surface area contributed by atoms with Crippen molar-refractivity contribution in [1.29, 1.82) is 0 Å². The van der Waals surface area contributed by atoms with Crippen LogP contribution in [0.25, 0.3) is 0 Å². The lowest BCUT2D eigenvalue weighted by molar-refractivity contribution is 0.590. The molecule has 0 fully saturated rings. The topological polar surface area (TPSA) is 64.0 Å². The molecule has 1 heterocycles. The molecule has 0 amide bonds. The normalized spacial score (nSPS) is 11.9. The Hall–Kier alpha value is -0.880. The second-order valence-corrected chi connectivity index (χ2v) is 6.09. The Labute approximate surface area is 96.8 Å². The van der Waals surface area contributed by atoms with Crippen LogP contribution in [-0.4, -0.2) is 36.5 Å². The van der Waals surface area contributed by atoms with E-state index < -0.39 is 9.84 Å². The van der Waals surface area contributed by atoms with Crippen molar-refractivity contribution in [3.05, 3.63) is 18.2 Å². The van der Waals surface area contributed by atoms with Gasteiger partial charge in [-0.15, -0.1) is 0 Å². The quantitative estimate of drug-likeness (QED) is 0.707.